The Kier molecular flexibility index (Phi) is 6.15. The van der Waals surface area contributed by atoms with Crippen molar-refractivity contribution in [3.8, 4) is 0 Å². The Hall–Kier alpha value is -2.44. The van der Waals surface area contributed by atoms with Crippen molar-refractivity contribution in [2.75, 3.05) is 18.6 Å². The Bertz CT molecular complexity index is 480. The normalized spacial score (nSPS) is 9.55. The number of hydrazone groups is 1. The standard InChI is InChI=1S/C13H15FN2O4/c1-3-19-12(17)11(13(18)20-4-2)16-15-10-7-5-9(14)6-8-10/h5-8,15H,3-4H2,1-2H3. The number of ether oxygens (including phenoxy) is 2. The molecule has 0 aliphatic heterocycles. The SMILES string of the molecule is CCOC(=O)C(=NNc1ccc(F)cc1)C(=O)OCC. The van der Waals surface area contributed by atoms with E-state index in [9.17, 15) is 14.0 Å². The third kappa shape index (κ3) is 4.68. The van der Waals surface area contributed by atoms with Gasteiger partial charge in [-0.05, 0) is 38.1 Å². The molecular formula is C13H15FN2O4. The molecule has 0 unspecified atom stereocenters. The van der Waals surface area contributed by atoms with Gasteiger partial charge in [0.05, 0.1) is 18.9 Å². The van der Waals surface area contributed by atoms with Crippen LogP contribution in [0.25, 0.3) is 0 Å². The van der Waals surface area contributed by atoms with Crippen molar-refractivity contribution in [3.05, 3.63) is 30.1 Å². The third-order valence-electron chi connectivity index (χ3n) is 2.08. The fourth-order valence-electron chi connectivity index (χ4n) is 1.22. The number of carbonyl (C=O) groups excluding carboxylic acids is 2. The molecule has 20 heavy (non-hydrogen) atoms. The summed E-state index contributed by atoms with van der Waals surface area (Å²) in [5.41, 5.74) is 2.38. The van der Waals surface area contributed by atoms with Crippen molar-refractivity contribution in [1.29, 1.82) is 0 Å². The zero-order chi connectivity index (χ0) is 15.0. The number of hydrogen-bond donors (Lipinski definition) is 1. The molecule has 0 radical (unpaired) electrons. The van der Waals surface area contributed by atoms with Gasteiger partial charge in [-0.25, -0.2) is 14.0 Å². The Morgan fingerprint density at radius 1 is 1.10 bits per heavy atom. The summed E-state index contributed by atoms with van der Waals surface area (Å²) in [5.74, 6) is -2.18. The average molecular weight is 282 g/mol. The van der Waals surface area contributed by atoms with Gasteiger partial charge in [0.25, 0.3) is 5.71 Å². The summed E-state index contributed by atoms with van der Waals surface area (Å²) in [6.45, 7) is 3.42. The van der Waals surface area contributed by atoms with Crippen LogP contribution >= 0.6 is 0 Å². The maximum atomic E-state index is 12.7. The van der Waals surface area contributed by atoms with Gasteiger partial charge >= 0.3 is 11.9 Å². The van der Waals surface area contributed by atoms with Gasteiger partial charge < -0.3 is 9.47 Å². The van der Waals surface area contributed by atoms with Gasteiger partial charge in [-0.2, -0.15) is 5.10 Å². The average Bonchev–Trinajstić information content (AvgIpc) is 2.42. The van der Waals surface area contributed by atoms with Gasteiger partial charge in [0, 0.05) is 0 Å². The smallest absolute Gasteiger partial charge is 0.366 e. The molecule has 0 atom stereocenters. The molecule has 0 spiro atoms. The molecule has 0 aliphatic carbocycles. The lowest BCUT2D eigenvalue weighted by atomic mass is 10.3. The maximum absolute atomic E-state index is 12.7. The molecule has 0 fully saturated rings. The number of nitrogens with one attached hydrogen (secondary N) is 1. The lowest BCUT2D eigenvalue weighted by molar-refractivity contribution is -0.140. The van der Waals surface area contributed by atoms with Gasteiger partial charge in [0.2, 0.25) is 0 Å². The summed E-state index contributed by atoms with van der Waals surface area (Å²) in [6, 6.07) is 5.25. The van der Waals surface area contributed by atoms with E-state index in [0.29, 0.717) is 5.69 Å². The maximum Gasteiger partial charge on any atom is 0.366 e. The fourth-order valence-corrected chi connectivity index (χ4v) is 1.22. The molecule has 0 amide bonds. The van der Waals surface area contributed by atoms with Crippen LogP contribution in [0.2, 0.25) is 0 Å². The molecule has 0 aromatic heterocycles. The van der Waals surface area contributed by atoms with Crippen LogP contribution in [0.1, 0.15) is 13.8 Å². The molecule has 6 nitrogen and oxygen atoms in total. The summed E-state index contributed by atoms with van der Waals surface area (Å²) in [7, 11) is 0. The largest absolute Gasteiger partial charge is 0.461 e. The molecule has 0 aliphatic rings. The highest BCUT2D eigenvalue weighted by atomic mass is 19.1. The molecule has 0 saturated heterocycles. The Morgan fingerprint density at radius 2 is 1.60 bits per heavy atom. The summed E-state index contributed by atoms with van der Waals surface area (Å²) in [4.78, 5) is 23.2. The minimum Gasteiger partial charge on any atom is -0.461 e. The topological polar surface area (TPSA) is 77.0 Å². The van der Waals surface area contributed by atoms with Crippen LogP contribution in [0.5, 0.6) is 0 Å². The summed E-state index contributed by atoms with van der Waals surface area (Å²) >= 11 is 0. The lowest BCUT2D eigenvalue weighted by Gasteiger charge is -2.06. The number of nitrogens with zero attached hydrogens (tertiary/aromatic N) is 1. The molecule has 1 rings (SSSR count). The molecule has 1 aromatic rings. The Balaban J connectivity index is 2.86. The van der Waals surface area contributed by atoms with Crippen LogP contribution in [-0.4, -0.2) is 30.9 Å². The first-order valence-corrected chi connectivity index (χ1v) is 6.02. The van der Waals surface area contributed by atoms with Gasteiger partial charge in [0.15, 0.2) is 0 Å². The van der Waals surface area contributed by atoms with Crippen LogP contribution in [-0.2, 0) is 19.1 Å². The summed E-state index contributed by atoms with van der Waals surface area (Å²) in [5, 5.41) is 3.66. The Morgan fingerprint density at radius 3 is 2.05 bits per heavy atom. The van der Waals surface area contributed by atoms with Crippen molar-refractivity contribution in [2.24, 2.45) is 5.10 Å². The summed E-state index contributed by atoms with van der Waals surface area (Å²) < 4.78 is 22.1. The van der Waals surface area contributed by atoms with Gasteiger partial charge in [0.1, 0.15) is 5.82 Å². The molecule has 0 saturated carbocycles. The summed E-state index contributed by atoms with van der Waals surface area (Å²) in [6.07, 6.45) is 0. The van der Waals surface area contributed by atoms with Crippen molar-refractivity contribution in [2.45, 2.75) is 13.8 Å². The van der Waals surface area contributed by atoms with Crippen molar-refractivity contribution < 1.29 is 23.5 Å². The van der Waals surface area contributed by atoms with E-state index in [1.807, 2.05) is 0 Å². The number of carbonyl (C=O) groups is 2. The van der Waals surface area contributed by atoms with E-state index in [1.165, 1.54) is 24.3 Å². The number of esters is 2. The number of rotatable bonds is 6. The Labute approximate surface area is 115 Å². The first kappa shape index (κ1) is 15.6. The second-order valence-corrected chi connectivity index (χ2v) is 3.52. The highest BCUT2D eigenvalue weighted by molar-refractivity contribution is 6.62. The number of benzene rings is 1. The van der Waals surface area contributed by atoms with Crippen molar-refractivity contribution in [3.63, 3.8) is 0 Å². The zero-order valence-corrected chi connectivity index (χ0v) is 11.2. The van der Waals surface area contributed by atoms with Gasteiger partial charge in [-0.15, -0.1) is 0 Å². The second kappa shape index (κ2) is 7.88. The van der Waals surface area contributed by atoms with E-state index >= 15 is 0 Å². The number of hydrogen-bond acceptors (Lipinski definition) is 6. The molecule has 0 heterocycles. The molecule has 1 aromatic carbocycles. The molecule has 7 heteroatoms. The van der Waals surface area contributed by atoms with Gasteiger partial charge in [-0.3, -0.25) is 5.43 Å². The molecule has 1 N–H and O–H groups in total. The first-order valence-electron chi connectivity index (χ1n) is 6.02. The minimum atomic E-state index is -0.888. The van der Waals surface area contributed by atoms with E-state index in [2.05, 4.69) is 10.5 Å². The third-order valence-corrected chi connectivity index (χ3v) is 2.08. The van der Waals surface area contributed by atoms with Crippen molar-refractivity contribution in [1.82, 2.24) is 0 Å². The minimum absolute atomic E-state index is 0.105. The van der Waals surface area contributed by atoms with Crippen LogP contribution in [0.3, 0.4) is 0 Å². The first-order chi connectivity index (χ1) is 9.58. The second-order valence-electron chi connectivity index (χ2n) is 3.52. The highest BCUT2D eigenvalue weighted by Gasteiger charge is 2.23. The predicted molar refractivity (Wildman–Crippen MR) is 70.7 cm³/mol. The number of halogens is 1. The van der Waals surface area contributed by atoms with Crippen LogP contribution in [0, 0.1) is 5.82 Å². The monoisotopic (exact) mass is 282 g/mol. The number of anilines is 1. The highest BCUT2D eigenvalue weighted by Crippen LogP contribution is 2.08. The van der Waals surface area contributed by atoms with Crippen LogP contribution in [0.4, 0.5) is 10.1 Å². The molecular weight excluding hydrogens is 267 g/mol. The van der Waals surface area contributed by atoms with E-state index in [4.69, 9.17) is 9.47 Å². The van der Waals surface area contributed by atoms with E-state index in [1.54, 1.807) is 13.8 Å². The van der Waals surface area contributed by atoms with Crippen LogP contribution in [0.15, 0.2) is 29.4 Å². The predicted octanol–water partition coefficient (Wildman–Crippen LogP) is 1.72. The molecule has 0 bridgehead atoms. The van der Waals surface area contributed by atoms with Crippen molar-refractivity contribution >= 4 is 23.3 Å². The lowest BCUT2D eigenvalue weighted by Crippen LogP contribution is -2.29. The van der Waals surface area contributed by atoms with E-state index < -0.39 is 23.5 Å². The van der Waals surface area contributed by atoms with E-state index in [-0.39, 0.29) is 13.2 Å². The van der Waals surface area contributed by atoms with E-state index in [0.717, 1.165) is 0 Å². The zero-order valence-electron chi connectivity index (χ0n) is 11.2. The quantitative estimate of drug-likeness (QED) is 0.372. The fraction of sp³-hybridized carbons (Fsp3) is 0.308. The molecule has 108 valence electrons. The van der Waals surface area contributed by atoms with Crippen LogP contribution < -0.4 is 5.43 Å². The van der Waals surface area contributed by atoms with Gasteiger partial charge in [-0.1, -0.05) is 0 Å².